The first-order valence-electron chi connectivity index (χ1n) is 8.08. The van der Waals surface area contributed by atoms with Gasteiger partial charge in [0, 0.05) is 26.1 Å². The van der Waals surface area contributed by atoms with E-state index in [9.17, 15) is 19.2 Å². The predicted molar refractivity (Wildman–Crippen MR) is 88.2 cm³/mol. The van der Waals surface area contributed by atoms with Crippen molar-refractivity contribution in [1.29, 1.82) is 0 Å². The lowest BCUT2D eigenvalue weighted by Crippen LogP contribution is -2.52. The molecule has 3 aliphatic rings. The number of carbonyl (C=O) groups is 4. The molecule has 132 valence electrons. The largest absolute Gasteiger partial charge is 0.351 e. The molecule has 3 rings (SSSR count). The van der Waals surface area contributed by atoms with Gasteiger partial charge in [0.2, 0.25) is 23.6 Å². The van der Waals surface area contributed by atoms with E-state index in [1.165, 1.54) is 28.5 Å². The van der Waals surface area contributed by atoms with Crippen molar-refractivity contribution in [3.63, 3.8) is 0 Å². The van der Waals surface area contributed by atoms with Crippen LogP contribution in [0.1, 0.15) is 19.8 Å². The van der Waals surface area contributed by atoms with Crippen LogP contribution in [0.3, 0.4) is 0 Å². The zero-order valence-electron chi connectivity index (χ0n) is 13.8. The Balaban J connectivity index is 1.77. The number of carbonyl (C=O) groups excluding carboxylic acids is 4. The van der Waals surface area contributed by atoms with Gasteiger partial charge in [-0.15, -0.1) is 0 Å². The Kier molecular flexibility index (Phi) is 4.71. The van der Waals surface area contributed by atoms with Crippen molar-refractivity contribution >= 4 is 35.4 Å². The second-order valence-corrected chi connectivity index (χ2v) is 7.37. The van der Waals surface area contributed by atoms with Gasteiger partial charge < -0.3 is 20.4 Å². The van der Waals surface area contributed by atoms with Crippen molar-refractivity contribution < 1.29 is 19.2 Å². The Bertz CT molecular complexity index is 584. The molecule has 0 aromatic heterocycles. The van der Waals surface area contributed by atoms with Gasteiger partial charge in [-0.05, 0) is 19.1 Å². The highest BCUT2D eigenvalue weighted by atomic mass is 32.2. The summed E-state index contributed by atoms with van der Waals surface area (Å²) in [5.41, 5.74) is 0. The molecule has 4 unspecified atom stereocenters. The Morgan fingerprint density at radius 1 is 1.38 bits per heavy atom. The van der Waals surface area contributed by atoms with E-state index < -0.39 is 12.1 Å². The quantitative estimate of drug-likeness (QED) is 0.646. The molecule has 0 aliphatic carbocycles. The zero-order valence-corrected chi connectivity index (χ0v) is 14.6. The molecule has 0 spiro atoms. The summed E-state index contributed by atoms with van der Waals surface area (Å²) in [6.45, 7) is 2.23. The molecule has 3 saturated heterocycles. The predicted octanol–water partition coefficient (Wildman–Crippen LogP) is -1.45. The van der Waals surface area contributed by atoms with Gasteiger partial charge in [0.15, 0.2) is 0 Å². The first kappa shape index (κ1) is 17.1. The minimum absolute atomic E-state index is 0.0953. The van der Waals surface area contributed by atoms with Gasteiger partial charge in [0.1, 0.15) is 12.1 Å². The van der Waals surface area contributed by atoms with Gasteiger partial charge in [0.05, 0.1) is 11.8 Å². The van der Waals surface area contributed by atoms with E-state index in [0.29, 0.717) is 31.7 Å². The molecule has 0 radical (unpaired) electrons. The van der Waals surface area contributed by atoms with E-state index in [0.717, 1.165) is 0 Å². The minimum atomic E-state index is -0.628. The van der Waals surface area contributed by atoms with E-state index in [2.05, 4.69) is 10.6 Å². The van der Waals surface area contributed by atoms with Crippen LogP contribution in [0.25, 0.3) is 0 Å². The number of hydrogen-bond donors (Lipinski definition) is 2. The molecule has 0 aromatic carbocycles. The molecule has 3 heterocycles. The Morgan fingerprint density at radius 3 is 2.79 bits per heavy atom. The number of fused-ring (bicyclic) bond motifs is 2. The molecule has 3 aliphatic heterocycles. The molecule has 4 atom stereocenters. The zero-order chi connectivity index (χ0) is 17.4. The molecular formula is C15H22N4O4S. The SMILES string of the molecule is CSCC(=O)NC1CC2C(=O)NC3CCN(C(C)=O)C3C(=O)N2C1. The van der Waals surface area contributed by atoms with Crippen LogP contribution in [0.5, 0.6) is 0 Å². The Hall–Kier alpha value is -1.77. The summed E-state index contributed by atoms with van der Waals surface area (Å²) in [5.74, 6) is -0.292. The van der Waals surface area contributed by atoms with Crippen molar-refractivity contribution in [2.24, 2.45) is 0 Å². The standard InChI is InChI=1S/C15H22N4O4S/c1-8(20)18-4-3-10-13(18)15(23)19-6-9(16-12(21)7-24-2)5-11(19)14(22)17-10/h9-11,13H,3-7H2,1-2H3,(H,16,21)(H,17,22). The second kappa shape index (κ2) is 6.62. The van der Waals surface area contributed by atoms with Crippen molar-refractivity contribution in [3.05, 3.63) is 0 Å². The van der Waals surface area contributed by atoms with Gasteiger partial charge in [0.25, 0.3) is 0 Å². The molecule has 2 N–H and O–H groups in total. The molecule has 0 bridgehead atoms. The third kappa shape index (κ3) is 2.97. The normalized spacial score (nSPS) is 32.1. The highest BCUT2D eigenvalue weighted by molar-refractivity contribution is 7.99. The van der Waals surface area contributed by atoms with Crippen LogP contribution in [-0.4, -0.2) is 82.7 Å². The van der Waals surface area contributed by atoms with Crippen LogP contribution in [0, 0.1) is 0 Å². The maximum atomic E-state index is 12.9. The lowest BCUT2D eigenvalue weighted by molar-refractivity contribution is -0.143. The number of likely N-dealkylation sites (tertiary alicyclic amines) is 1. The van der Waals surface area contributed by atoms with Crippen LogP contribution in [0.2, 0.25) is 0 Å². The summed E-state index contributed by atoms with van der Waals surface area (Å²) in [5, 5.41) is 5.79. The molecule has 3 fully saturated rings. The van der Waals surface area contributed by atoms with E-state index in [1.807, 2.05) is 6.26 Å². The minimum Gasteiger partial charge on any atom is -0.351 e. The summed E-state index contributed by atoms with van der Waals surface area (Å²) in [6, 6.07) is -1.74. The molecule has 0 aromatic rings. The molecule has 9 heteroatoms. The molecule has 8 nitrogen and oxygen atoms in total. The number of thioether (sulfide) groups is 1. The fourth-order valence-corrected chi connectivity index (χ4v) is 4.23. The van der Waals surface area contributed by atoms with Crippen molar-refractivity contribution in [2.75, 3.05) is 25.1 Å². The first-order chi connectivity index (χ1) is 11.4. The lowest BCUT2D eigenvalue weighted by atomic mass is 10.1. The molecule has 4 amide bonds. The molecular weight excluding hydrogens is 332 g/mol. The van der Waals surface area contributed by atoms with Crippen molar-refractivity contribution in [3.8, 4) is 0 Å². The second-order valence-electron chi connectivity index (χ2n) is 6.50. The van der Waals surface area contributed by atoms with Crippen molar-refractivity contribution in [2.45, 2.75) is 43.9 Å². The highest BCUT2D eigenvalue weighted by Gasteiger charge is 2.51. The lowest BCUT2D eigenvalue weighted by Gasteiger charge is -2.28. The van der Waals surface area contributed by atoms with Crippen LogP contribution >= 0.6 is 11.8 Å². The summed E-state index contributed by atoms with van der Waals surface area (Å²) < 4.78 is 0. The fourth-order valence-electron chi connectivity index (χ4n) is 3.88. The number of nitrogens with one attached hydrogen (secondary N) is 2. The van der Waals surface area contributed by atoms with Gasteiger partial charge in [-0.25, -0.2) is 0 Å². The third-order valence-electron chi connectivity index (χ3n) is 4.91. The van der Waals surface area contributed by atoms with E-state index in [4.69, 9.17) is 0 Å². The number of hydrogen-bond acceptors (Lipinski definition) is 5. The van der Waals surface area contributed by atoms with Crippen LogP contribution in [0.4, 0.5) is 0 Å². The fraction of sp³-hybridized carbons (Fsp3) is 0.733. The van der Waals surface area contributed by atoms with Gasteiger partial charge in [-0.3, -0.25) is 19.2 Å². The summed E-state index contributed by atoms with van der Waals surface area (Å²) in [6.07, 6.45) is 2.85. The number of nitrogens with zero attached hydrogens (tertiary/aromatic N) is 2. The molecule has 24 heavy (non-hydrogen) atoms. The molecule has 0 saturated carbocycles. The Morgan fingerprint density at radius 2 is 2.12 bits per heavy atom. The van der Waals surface area contributed by atoms with E-state index >= 15 is 0 Å². The summed E-state index contributed by atoms with van der Waals surface area (Å²) in [7, 11) is 0. The van der Waals surface area contributed by atoms with Crippen LogP contribution in [-0.2, 0) is 19.2 Å². The summed E-state index contributed by atoms with van der Waals surface area (Å²) >= 11 is 1.42. The monoisotopic (exact) mass is 354 g/mol. The Labute approximate surface area is 144 Å². The number of rotatable bonds is 3. The maximum Gasteiger partial charge on any atom is 0.248 e. The van der Waals surface area contributed by atoms with Crippen molar-refractivity contribution in [1.82, 2.24) is 20.4 Å². The highest BCUT2D eigenvalue weighted by Crippen LogP contribution is 2.29. The third-order valence-corrected chi connectivity index (χ3v) is 5.46. The van der Waals surface area contributed by atoms with E-state index in [1.54, 1.807) is 0 Å². The maximum absolute atomic E-state index is 12.9. The summed E-state index contributed by atoms with van der Waals surface area (Å²) in [4.78, 5) is 52.1. The number of amides is 4. The van der Waals surface area contributed by atoms with Crippen LogP contribution < -0.4 is 10.6 Å². The first-order valence-corrected chi connectivity index (χ1v) is 9.48. The van der Waals surface area contributed by atoms with Gasteiger partial charge in [-0.2, -0.15) is 11.8 Å². The smallest absolute Gasteiger partial charge is 0.248 e. The van der Waals surface area contributed by atoms with Gasteiger partial charge >= 0.3 is 0 Å². The average Bonchev–Trinajstić information content (AvgIpc) is 3.09. The van der Waals surface area contributed by atoms with Crippen LogP contribution in [0.15, 0.2) is 0 Å². The average molecular weight is 354 g/mol. The van der Waals surface area contributed by atoms with Gasteiger partial charge in [-0.1, -0.05) is 0 Å². The van der Waals surface area contributed by atoms with E-state index in [-0.39, 0.29) is 35.7 Å². The topological polar surface area (TPSA) is 98.8 Å².